The van der Waals surface area contributed by atoms with Crippen LogP contribution >= 0.6 is 11.3 Å². The predicted octanol–water partition coefficient (Wildman–Crippen LogP) is 3.48. The fraction of sp³-hybridized carbons (Fsp3) is 0.421. The Kier molecular flexibility index (Phi) is 4.98. The lowest BCUT2D eigenvalue weighted by Crippen LogP contribution is -2.38. The Morgan fingerprint density at radius 1 is 1.26 bits per heavy atom. The molecular weight excluding hydrogens is 364 g/mol. The van der Waals surface area contributed by atoms with Crippen LogP contribution in [-0.2, 0) is 17.8 Å². The first-order valence-corrected chi connectivity index (χ1v) is 9.94. The van der Waals surface area contributed by atoms with E-state index >= 15 is 0 Å². The van der Waals surface area contributed by atoms with Crippen molar-refractivity contribution in [2.45, 2.75) is 32.2 Å². The van der Waals surface area contributed by atoms with E-state index in [-0.39, 0.29) is 17.9 Å². The monoisotopic (exact) mass is 386 g/mol. The Bertz CT molecular complexity index is 862. The molecule has 142 valence electrons. The molecule has 27 heavy (non-hydrogen) atoms. The number of nitrogens with one attached hydrogen (secondary N) is 2. The third kappa shape index (κ3) is 3.75. The topological polar surface area (TPSA) is 83.6 Å². The molecule has 1 saturated carbocycles. The molecule has 1 aliphatic carbocycles. The van der Waals surface area contributed by atoms with Gasteiger partial charge < -0.3 is 20.3 Å². The number of rotatable bonds is 4. The van der Waals surface area contributed by atoms with Crippen molar-refractivity contribution in [3.63, 3.8) is 0 Å². The first-order valence-electron chi connectivity index (χ1n) is 9.12. The summed E-state index contributed by atoms with van der Waals surface area (Å²) in [6.45, 7) is 1.08. The first kappa shape index (κ1) is 17.8. The fourth-order valence-electron chi connectivity index (χ4n) is 3.24. The molecule has 2 N–H and O–H groups in total. The van der Waals surface area contributed by atoms with Crippen molar-refractivity contribution in [3.05, 3.63) is 34.8 Å². The lowest BCUT2D eigenvalue weighted by molar-refractivity contribution is -0.122. The molecule has 0 radical (unpaired) electrons. The van der Waals surface area contributed by atoms with Gasteiger partial charge in [0.15, 0.2) is 5.13 Å². The van der Waals surface area contributed by atoms with Crippen LogP contribution in [0.25, 0.3) is 0 Å². The molecule has 4 rings (SSSR count). The number of fused-ring (bicyclic) bond motifs is 1. The zero-order chi connectivity index (χ0) is 18.8. The average molecular weight is 386 g/mol. The van der Waals surface area contributed by atoms with Crippen LogP contribution in [0.15, 0.2) is 24.3 Å². The van der Waals surface area contributed by atoms with Gasteiger partial charge in [-0.2, -0.15) is 0 Å². The highest BCUT2D eigenvalue weighted by Gasteiger charge is 2.28. The zero-order valence-corrected chi connectivity index (χ0v) is 16.0. The Balaban J connectivity index is 1.40. The quantitative estimate of drug-likeness (QED) is 0.843. The summed E-state index contributed by atoms with van der Waals surface area (Å²) in [5.41, 5.74) is 1.62. The van der Waals surface area contributed by atoms with Crippen LogP contribution in [0.3, 0.4) is 0 Å². The van der Waals surface area contributed by atoms with Crippen molar-refractivity contribution in [1.29, 1.82) is 0 Å². The minimum Gasteiger partial charge on any atom is -0.495 e. The highest BCUT2D eigenvalue weighted by molar-refractivity contribution is 7.15. The van der Waals surface area contributed by atoms with Gasteiger partial charge in [0.25, 0.3) is 0 Å². The molecule has 3 amide bonds. The van der Waals surface area contributed by atoms with E-state index in [9.17, 15) is 9.59 Å². The standard InChI is InChI=1S/C19H22N4O3S/c1-26-15-8-3-2-7-13(15)21-19(25)23-10-9-14-16(11-23)27-18(20-14)22-17(24)12-5-4-6-12/h2-3,7-8,12H,4-6,9-11H2,1H3,(H,21,25)(H,20,22,24). The van der Waals surface area contributed by atoms with Crippen LogP contribution in [0.2, 0.25) is 0 Å². The zero-order valence-electron chi connectivity index (χ0n) is 15.2. The molecule has 1 fully saturated rings. The smallest absolute Gasteiger partial charge is 0.322 e. The number of carbonyl (C=O) groups is 2. The highest BCUT2D eigenvalue weighted by Crippen LogP contribution is 2.32. The lowest BCUT2D eigenvalue weighted by atomic mass is 9.85. The van der Waals surface area contributed by atoms with E-state index in [1.165, 1.54) is 11.3 Å². The van der Waals surface area contributed by atoms with Crippen molar-refractivity contribution in [3.8, 4) is 5.75 Å². The van der Waals surface area contributed by atoms with E-state index < -0.39 is 0 Å². The van der Waals surface area contributed by atoms with Crippen molar-refractivity contribution in [1.82, 2.24) is 9.88 Å². The van der Waals surface area contributed by atoms with Crippen LogP contribution in [0.1, 0.15) is 29.8 Å². The molecule has 2 aromatic rings. The molecule has 0 bridgehead atoms. The molecule has 1 aliphatic heterocycles. The maximum absolute atomic E-state index is 12.6. The molecular formula is C19H22N4O3S. The van der Waals surface area contributed by atoms with Gasteiger partial charge in [0.2, 0.25) is 5.91 Å². The number of para-hydroxylation sites is 2. The second kappa shape index (κ2) is 7.56. The molecule has 0 saturated heterocycles. The minimum absolute atomic E-state index is 0.0677. The Morgan fingerprint density at radius 2 is 2.07 bits per heavy atom. The van der Waals surface area contributed by atoms with Gasteiger partial charge in [-0.1, -0.05) is 29.9 Å². The summed E-state index contributed by atoms with van der Waals surface area (Å²) in [5.74, 6) is 0.828. The third-order valence-electron chi connectivity index (χ3n) is 5.07. The second-order valence-electron chi connectivity index (χ2n) is 6.81. The van der Waals surface area contributed by atoms with E-state index in [1.54, 1.807) is 12.0 Å². The van der Waals surface area contributed by atoms with Crippen molar-refractivity contribution in [2.75, 3.05) is 24.3 Å². The Morgan fingerprint density at radius 3 is 2.81 bits per heavy atom. The number of benzene rings is 1. The largest absolute Gasteiger partial charge is 0.495 e. The number of ether oxygens (including phenoxy) is 1. The fourth-order valence-corrected chi connectivity index (χ4v) is 4.27. The predicted molar refractivity (Wildman–Crippen MR) is 104 cm³/mol. The van der Waals surface area contributed by atoms with Gasteiger partial charge >= 0.3 is 6.03 Å². The number of hydrogen-bond acceptors (Lipinski definition) is 5. The molecule has 8 heteroatoms. The summed E-state index contributed by atoms with van der Waals surface area (Å²) in [7, 11) is 1.58. The maximum Gasteiger partial charge on any atom is 0.322 e. The van der Waals surface area contributed by atoms with Gasteiger partial charge in [-0.3, -0.25) is 4.79 Å². The third-order valence-corrected chi connectivity index (χ3v) is 6.07. The summed E-state index contributed by atoms with van der Waals surface area (Å²) in [6, 6.07) is 7.17. The number of carbonyl (C=O) groups excluding carboxylic acids is 2. The van der Waals surface area contributed by atoms with E-state index in [0.717, 1.165) is 29.8 Å². The number of anilines is 2. The molecule has 0 spiro atoms. The molecule has 2 heterocycles. The van der Waals surface area contributed by atoms with Crippen molar-refractivity contribution >= 4 is 34.1 Å². The average Bonchev–Trinajstić information content (AvgIpc) is 3.01. The SMILES string of the molecule is COc1ccccc1NC(=O)N1CCc2nc(NC(=O)C3CCC3)sc2C1. The molecule has 1 aromatic heterocycles. The normalized spacial score (nSPS) is 16.3. The number of aromatic nitrogens is 1. The summed E-state index contributed by atoms with van der Waals surface area (Å²) >= 11 is 1.46. The van der Waals surface area contributed by atoms with Crippen LogP contribution in [0.5, 0.6) is 5.75 Å². The molecule has 0 unspecified atom stereocenters. The van der Waals surface area contributed by atoms with Crippen LogP contribution in [-0.4, -0.2) is 35.5 Å². The summed E-state index contributed by atoms with van der Waals surface area (Å²) in [4.78, 5) is 32.1. The van der Waals surface area contributed by atoms with Crippen molar-refractivity contribution in [2.24, 2.45) is 5.92 Å². The van der Waals surface area contributed by atoms with Gasteiger partial charge in [0.05, 0.1) is 25.0 Å². The molecule has 7 nitrogen and oxygen atoms in total. The van der Waals surface area contributed by atoms with Crippen LogP contribution in [0, 0.1) is 5.92 Å². The summed E-state index contributed by atoms with van der Waals surface area (Å²) < 4.78 is 5.28. The van der Waals surface area contributed by atoms with Crippen molar-refractivity contribution < 1.29 is 14.3 Å². The number of methoxy groups -OCH3 is 1. The Hall–Kier alpha value is -2.61. The van der Waals surface area contributed by atoms with E-state index in [1.807, 2.05) is 24.3 Å². The van der Waals surface area contributed by atoms with Crippen LogP contribution < -0.4 is 15.4 Å². The van der Waals surface area contributed by atoms with E-state index in [0.29, 0.717) is 36.1 Å². The number of urea groups is 1. The maximum atomic E-state index is 12.6. The van der Waals surface area contributed by atoms with Gasteiger partial charge in [-0.15, -0.1) is 0 Å². The van der Waals surface area contributed by atoms with Gasteiger partial charge in [0.1, 0.15) is 5.75 Å². The number of hydrogen-bond donors (Lipinski definition) is 2. The number of amides is 3. The van der Waals surface area contributed by atoms with Crippen LogP contribution in [0.4, 0.5) is 15.6 Å². The van der Waals surface area contributed by atoms with Gasteiger partial charge in [0, 0.05) is 23.8 Å². The van der Waals surface area contributed by atoms with Gasteiger partial charge in [-0.05, 0) is 25.0 Å². The highest BCUT2D eigenvalue weighted by atomic mass is 32.1. The summed E-state index contributed by atoms with van der Waals surface area (Å²) in [5, 5.41) is 6.48. The second-order valence-corrected chi connectivity index (χ2v) is 7.89. The molecule has 0 atom stereocenters. The first-order chi connectivity index (χ1) is 13.1. The molecule has 2 aliphatic rings. The molecule has 1 aromatic carbocycles. The summed E-state index contributed by atoms with van der Waals surface area (Å²) in [6.07, 6.45) is 3.74. The number of thiazole rings is 1. The van der Waals surface area contributed by atoms with E-state index in [4.69, 9.17) is 4.74 Å². The Labute approximate surface area is 161 Å². The van der Waals surface area contributed by atoms with Gasteiger partial charge in [-0.25, -0.2) is 9.78 Å². The number of nitrogens with zero attached hydrogens (tertiary/aromatic N) is 2. The minimum atomic E-state index is -0.168. The lowest BCUT2D eigenvalue weighted by Gasteiger charge is -2.26. The van der Waals surface area contributed by atoms with E-state index in [2.05, 4.69) is 15.6 Å².